The van der Waals surface area contributed by atoms with Crippen molar-refractivity contribution in [3.8, 4) is 22.3 Å². The topological polar surface area (TPSA) is 3.24 Å². The molecule has 0 fully saturated rings. The van der Waals surface area contributed by atoms with Gasteiger partial charge in [0.2, 0.25) is 0 Å². The number of hydrogen-bond donors (Lipinski definition) is 0. The van der Waals surface area contributed by atoms with Gasteiger partial charge in [-0.15, -0.1) is 11.3 Å². The normalized spacial score (nSPS) is 11.5. The van der Waals surface area contributed by atoms with E-state index in [1.54, 1.807) is 0 Å². The molecule has 0 aliphatic heterocycles. The maximum Gasteiger partial charge on any atom is 0.0468 e. The highest BCUT2D eigenvalue weighted by atomic mass is 32.1. The molecule has 0 spiro atoms. The lowest BCUT2D eigenvalue weighted by atomic mass is 9.98. The van der Waals surface area contributed by atoms with E-state index in [1.807, 2.05) is 11.3 Å². The summed E-state index contributed by atoms with van der Waals surface area (Å²) in [5, 5.41) is 7.78. The fourth-order valence-corrected chi connectivity index (χ4v) is 8.08. The first kappa shape index (κ1) is 26.7. The van der Waals surface area contributed by atoms with Crippen LogP contribution in [0.5, 0.6) is 0 Å². The smallest absolute Gasteiger partial charge is 0.0468 e. The summed E-state index contributed by atoms with van der Waals surface area (Å²) in [5.74, 6) is 0. The zero-order valence-corrected chi connectivity index (χ0v) is 25.9. The first-order valence-electron chi connectivity index (χ1n) is 15.7. The van der Waals surface area contributed by atoms with Crippen LogP contribution in [0.1, 0.15) is 0 Å². The minimum Gasteiger partial charge on any atom is -0.310 e. The lowest BCUT2D eigenvalue weighted by Gasteiger charge is -2.27. The number of thiophene rings is 1. The average molecular weight is 604 g/mol. The number of hydrogen-bond acceptors (Lipinski definition) is 2. The molecule has 0 N–H and O–H groups in total. The highest BCUT2D eigenvalue weighted by Gasteiger charge is 2.17. The van der Waals surface area contributed by atoms with Gasteiger partial charge >= 0.3 is 0 Å². The van der Waals surface area contributed by atoms with E-state index in [4.69, 9.17) is 0 Å². The van der Waals surface area contributed by atoms with E-state index in [1.165, 1.54) is 64.0 Å². The molecule has 8 aromatic carbocycles. The zero-order valence-electron chi connectivity index (χ0n) is 25.1. The van der Waals surface area contributed by atoms with Gasteiger partial charge in [0.05, 0.1) is 0 Å². The van der Waals surface area contributed by atoms with Gasteiger partial charge in [-0.05, 0) is 80.9 Å². The molecule has 1 heterocycles. The van der Waals surface area contributed by atoms with E-state index < -0.39 is 0 Å². The molecule has 46 heavy (non-hydrogen) atoms. The number of nitrogens with zero attached hydrogens (tertiary/aromatic N) is 1. The Morgan fingerprint density at radius 1 is 0.348 bits per heavy atom. The molecule has 216 valence electrons. The number of benzene rings is 8. The SMILES string of the molecule is c1ccc(-c2cccc(N(c3cccc(-c4ccccc4)c3)c3ccc4ccc5ccc6c7ccccc7sc6c5c4c3)c2)cc1. The maximum absolute atomic E-state index is 2.40. The Balaban J connectivity index is 1.30. The number of rotatable bonds is 5. The van der Waals surface area contributed by atoms with Gasteiger partial charge in [0.15, 0.2) is 0 Å². The summed E-state index contributed by atoms with van der Waals surface area (Å²) in [5.41, 5.74) is 8.18. The minimum atomic E-state index is 1.12. The van der Waals surface area contributed by atoms with E-state index in [0.29, 0.717) is 0 Å². The molecule has 0 saturated heterocycles. The molecule has 0 saturated carbocycles. The van der Waals surface area contributed by atoms with Crippen molar-refractivity contribution in [3.63, 3.8) is 0 Å². The molecule has 0 amide bonds. The van der Waals surface area contributed by atoms with Crippen LogP contribution in [0.25, 0.3) is 64.0 Å². The Morgan fingerprint density at radius 2 is 0.891 bits per heavy atom. The molecule has 0 aliphatic carbocycles. The third-order valence-corrected chi connectivity index (χ3v) is 10.2. The summed E-state index contributed by atoms with van der Waals surface area (Å²) in [6.07, 6.45) is 0. The van der Waals surface area contributed by atoms with Gasteiger partial charge in [0, 0.05) is 42.6 Å². The molecule has 1 aromatic heterocycles. The second kappa shape index (κ2) is 11.0. The van der Waals surface area contributed by atoms with Gasteiger partial charge in [-0.1, -0.05) is 133 Å². The Kier molecular flexibility index (Phi) is 6.40. The van der Waals surface area contributed by atoms with E-state index in [2.05, 4.69) is 181 Å². The summed E-state index contributed by atoms with van der Waals surface area (Å²) in [7, 11) is 0. The molecule has 2 heteroatoms. The first-order valence-corrected chi connectivity index (χ1v) is 16.5. The molecule has 1 nitrogen and oxygen atoms in total. The first-order chi connectivity index (χ1) is 22.8. The number of anilines is 3. The van der Waals surface area contributed by atoms with Gasteiger partial charge in [0.1, 0.15) is 0 Å². The van der Waals surface area contributed by atoms with Crippen molar-refractivity contribution in [3.05, 3.63) is 176 Å². The second-order valence-corrected chi connectivity index (χ2v) is 12.8. The number of fused-ring (bicyclic) bond motifs is 7. The highest BCUT2D eigenvalue weighted by Crippen LogP contribution is 2.44. The van der Waals surface area contributed by atoms with Crippen LogP contribution in [0.4, 0.5) is 17.1 Å². The Hall–Kier alpha value is -5.70. The monoisotopic (exact) mass is 603 g/mol. The predicted molar refractivity (Wildman–Crippen MR) is 200 cm³/mol. The van der Waals surface area contributed by atoms with Gasteiger partial charge in [0.25, 0.3) is 0 Å². The summed E-state index contributed by atoms with van der Waals surface area (Å²) in [4.78, 5) is 2.40. The van der Waals surface area contributed by atoms with Crippen molar-refractivity contribution in [1.29, 1.82) is 0 Å². The van der Waals surface area contributed by atoms with Crippen molar-refractivity contribution in [2.45, 2.75) is 0 Å². The van der Waals surface area contributed by atoms with Crippen LogP contribution in [-0.4, -0.2) is 0 Å². The largest absolute Gasteiger partial charge is 0.310 e. The second-order valence-electron chi connectivity index (χ2n) is 11.8. The fourth-order valence-electron chi connectivity index (χ4n) is 6.80. The summed E-state index contributed by atoms with van der Waals surface area (Å²) >= 11 is 1.90. The Morgan fingerprint density at radius 3 is 1.59 bits per heavy atom. The third kappa shape index (κ3) is 4.54. The van der Waals surface area contributed by atoms with Gasteiger partial charge < -0.3 is 4.90 Å². The molecule has 0 radical (unpaired) electrons. The maximum atomic E-state index is 2.40. The van der Waals surface area contributed by atoms with Crippen molar-refractivity contribution < 1.29 is 0 Å². The molecular formula is C44H29NS. The quantitative estimate of drug-likeness (QED) is 0.177. The average Bonchev–Trinajstić information content (AvgIpc) is 3.51. The van der Waals surface area contributed by atoms with Crippen LogP contribution in [-0.2, 0) is 0 Å². The van der Waals surface area contributed by atoms with Gasteiger partial charge in [-0.3, -0.25) is 0 Å². The van der Waals surface area contributed by atoms with Crippen molar-refractivity contribution in [1.82, 2.24) is 0 Å². The standard InChI is InChI=1S/C44H29NS/c1-3-11-30(12-4-1)34-15-9-17-36(27-34)45(37-18-10-16-35(28-37)31-13-5-2-6-14-31)38-25-23-32-21-22-33-24-26-40-39-19-7-8-20-42(39)46-44(40)43(33)41(32)29-38/h1-29H. The molecule has 9 aromatic rings. The summed E-state index contributed by atoms with van der Waals surface area (Å²) < 4.78 is 2.68. The lowest BCUT2D eigenvalue weighted by Crippen LogP contribution is -2.10. The third-order valence-electron chi connectivity index (χ3n) is 9.01. The molecule has 0 bridgehead atoms. The Labute approximate surface area is 272 Å². The van der Waals surface area contributed by atoms with Crippen LogP contribution in [0, 0.1) is 0 Å². The van der Waals surface area contributed by atoms with E-state index in [0.717, 1.165) is 17.1 Å². The van der Waals surface area contributed by atoms with Crippen molar-refractivity contribution in [2.24, 2.45) is 0 Å². The van der Waals surface area contributed by atoms with Gasteiger partial charge in [-0.25, -0.2) is 0 Å². The van der Waals surface area contributed by atoms with Crippen LogP contribution < -0.4 is 4.90 Å². The molecular weight excluding hydrogens is 575 g/mol. The van der Waals surface area contributed by atoms with Gasteiger partial charge in [-0.2, -0.15) is 0 Å². The highest BCUT2D eigenvalue weighted by molar-refractivity contribution is 7.26. The molecule has 0 atom stereocenters. The minimum absolute atomic E-state index is 1.12. The Bertz CT molecular complexity index is 2450. The zero-order chi connectivity index (χ0) is 30.5. The predicted octanol–water partition coefficient (Wildman–Crippen LogP) is 13.2. The lowest BCUT2D eigenvalue weighted by molar-refractivity contribution is 1.29. The van der Waals surface area contributed by atoms with Crippen LogP contribution >= 0.6 is 11.3 Å². The van der Waals surface area contributed by atoms with E-state index in [9.17, 15) is 0 Å². The fraction of sp³-hybridized carbons (Fsp3) is 0. The summed E-state index contributed by atoms with van der Waals surface area (Å²) in [6, 6.07) is 63.9. The molecule has 9 rings (SSSR count). The van der Waals surface area contributed by atoms with Crippen molar-refractivity contribution in [2.75, 3.05) is 4.90 Å². The van der Waals surface area contributed by atoms with E-state index in [-0.39, 0.29) is 0 Å². The molecule has 0 unspecified atom stereocenters. The van der Waals surface area contributed by atoms with Crippen molar-refractivity contribution >= 4 is 70.1 Å². The van der Waals surface area contributed by atoms with Crippen LogP contribution in [0.3, 0.4) is 0 Å². The van der Waals surface area contributed by atoms with E-state index >= 15 is 0 Å². The molecule has 0 aliphatic rings. The summed E-state index contributed by atoms with van der Waals surface area (Å²) in [6.45, 7) is 0. The van der Waals surface area contributed by atoms with Crippen LogP contribution in [0.2, 0.25) is 0 Å². The van der Waals surface area contributed by atoms with Crippen LogP contribution in [0.15, 0.2) is 176 Å².